The van der Waals surface area contributed by atoms with Crippen LogP contribution in [0.4, 0.5) is 0 Å². The molecule has 4 aromatic rings. The minimum atomic E-state index is -0.475. The van der Waals surface area contributed by atoms with Gasteiger partial charge in [-0.1, -0.05) is 63.2 Å². The predicted molar refractivity (Wildman–Crippen MR) is 113 cm³/mol. The van der Waals surface area contributed by atoms with Gasteiger partial charge in [-0.3, -0.25) is 4.79 Å². The number of hydrogen-bond donors (Lipinski definition) is 1. The first kappa shape index (κ1) is 18.1. The van der Waals surface area contributed by atoms with Crippen molar-refractivity contribution >= 4 is 16.9 Å². The molecular weight excluding hydrogens is 346 g/mol. The number of benzene rings is 2. The van der Waals surface area contributed by atoms with E-state index in [-0.39, 0.29) is 5.78 Å². The van der Waals surface area contributed by atoms with Gasteiger partial charge in [0.1, 0.15) is 5.52 Å². The molecular formula is C24H23N3O. The second-order valence-electron chi connectivity index (χ2n) is 8.13. The molecule has 2 aromatic heterocycles. The lowest BCUT2D eigenvalue weighted by Gasteiger charge is -2.15. The lowest BCUT2D eigenvalue weighted by molar-refractivity contribution is 0.0860. The number of aromatic amines is 1. The number of aromatic nitrogens is 3. The Labute approximate surface area is 164 Å². The summed E-state index contributed by atoms with van der Waals surface area (Å²) < 4.78 is 0. The molecule has 0 spiro atoms. The molecule has 4 rings (SSSR count). The van der Waals surface area contributed by atoms with Crippen molar-refractivity contribution in [2.75, 3.05) is 0 Å². The molecule has 4 nitrogen and oxygen atoms in total. The lowest BCUT2D eigenvalue weighted by atomic mass is 9.87. The molecule has 0 fully saturated rings. The molecule has 0 saturated heterocycles. The summed E-state index contributed by atoms with van der Waals surface area (Å²) in [4.78, 5) is 25.1. The van der Waals surface area contributed by atoms with Gasteiger partial charge in [-0.15, -0.1) is 0 Å². The number of carbonyl (C=O) groups is 1. The second kappa shape index (κ2) is 6.71. The van der Waals surface area contributed by atoms with E-state index in [4.69, 9.17) is 4.98 Å². The molecule has 0 aliphatic carbocycles. The molecule has 0 radical (unpaired) electrons. The minimum Gasteiger partial charge on any atom is -0.344 e. The van der Waals surface area contributed by atoms with E-state index in [1.807, 2.05) is 45.0 Å². The molecule has 0 amide bonds. The number of H-pyrrole nitrogens is 1. The van der Waals surface area contributed by atoms with Gasteiger partial charge in [0.2, 0.25) is 0 Å². The average Bonchev–Trinajstić information content (AvgIpc) is 3.10. The predicted octanol–water partition coefficient (Wildman–Crippen LogP) is 5.83. The smallest absolute Gasteiger partial charge is 0.171 e. The Bertz CT molecular complexity index is 1180. The van der Waals surface area contributed by atoms with Crippen LogP contribution in [0.15, 0.2) is 60.9 Å². The number of hydrogen-bond acceptors (Lipinski definition) is 3. The van der Waals surface area contributed by atoms with Gasteiger partial charge in [-0.05, 0) is 29.7 Å². The topological polar surface area (TPSA) is 58.6 Å². The summed E-state index contributed by atoms with van der Waals surface area (Å²) in [5.74, 6) is 0.0545. The van der Waals surface area contributed by atoms with Gasteiger partial charge < -0.3 is 4.98 Å². The summed E-state index contributed by atoms with van der Waals surface area (Å²) >= 11 is 0. The molecule has 4 heteroatoms. The average molecular weight is 369 g/mol. The third-order valence-corrected chi connectivity index (χ3v) is 4.92. The van der Waals surface area contributed by atoms with Gasteiger partial charge in [0, 0.05) is 17.2 Å². The number of nitrogens with one attached hydrogen (secondary N) is 1. The Morgan fingerprint density at radius 1 is 1.00 bits per heavy atom. The van der Waals surface area contributed by atoms with Crippen LogP contribution in [0.5, 0.6) is 0 Å². The van der Waals surface area contributed by atoms with E-state index in [9.17, 15) is 4.79 Å². The highest BCUT2D eigenvalue weighted by Gasteiger charge is 2.26. The molecule has 28 heavy (non-hydrogen) atoms. The van der Waals surface area contributed by atoms with Gasteiger partial charge in [0.25, 0.3) is 0 Å². The van der Waals surface area contributed by atoms with E-state index in [1.165, 1.54) is 11.1 Å². The summed E-state index contributed by atoms with van der Waals surface area (Å²) in [7, 11) is 0. The number of carbonyl (C=O) groups excluding carboxylic acids is 1. The maximum absolute atomic E-state index is 12.8. The SMILES string of the molecule is Cc1ccccc1-c1cccc(-c2cnc3[nH]cc(C(=O)C(C)(C)C)c3n2)c1. The number of aryl methyl sites for hydroxylation is 1. The van der Waals surface area contributed by atoms with Crippen molar-refractivity contribution in [2.24, 2.45) is 5.41 Å². The van der Waals surface area contributed by atoms with Gasteiger partial charge >= 0.3 is 0 Å². The van der Waals surface area contributed by atoms with E-state index in [2.05, 4.69) is 41.2 Å². The van der Waals surface area contributed by atoms with Crippen LogP contribution < -0.4 is 0 Å². The molecule has 0 atom stereocenters. The maximum Gasteiger partial charge on any atom is 0.171 e. The molecule has 2 heterocycles. The molecule has 2 aromatic carbocycles. The van der Waals surface area contributed by atoms with Crippen molar-refractivity contribution in [3.8, 4) is 22.4 Å². The van der Waals surface area contributed by atoms with Gasteiger partial charge in [0.05, 0.1) is 17.5 Å². The van der Waals surface area contributed by atoms with E-state index in [0.29, 0.717) is 16.7 Å². The van der Waals surface area contributed by atoms with Gasteiger partial charge in [0.15, 0.2) is 11.4 Å². The zero-order valence-electron chi connectivity index (χ0n) is 16.6. The fourth-order valence-corrected chi connectivity index (χ4v) is 3.35. The Hall–Kier alpha value is -3.27. The third kappa shape index (κ3) is 3.22. The van der Waals surface area contributed by atoms with Crippen molar-refractivity contribution in [3.05, 3.63) is 72.1 Å². The number of Topliss-reactive ketones (excluding diaryl/α,β-unsaturated/α-hetero) is 1. The summed E-state index contributed by atoms with van der Waals surface area (Å²) in [6.07, 6.45) is 3.47. The van der Waals surface area contributed by atoms with Crippen LogP contribution in [0, 0.1) is 12.3 Å². The fraction of sp³-hybridized carbons (Fsp3) is 0.208. The molecule has 140 valence electrons. The van der Waals surface area contributed by atoms with E-state index >= 15 is 0 Å². The van der Waals surface area contributed by atoms with Crippen LogP contribution >= 0.6 is 0 Å². The van der Waals surface area contributed by atoms with Crippen molar-refractivity contribution in [1.82, 2.24) is 15.0 Å². The maximum atomic E-state index is 12.8. The Kier molecular flexibility index (Phi) is 4.34. The standard InChI is InChI=1S/C24H23N3O/c1-15-8-5-6-11-18(15)16-9-7-10-17(12-16)20-14-26-23-21(27-20)19(13-25-23)22(28)24(2,3)4/h5-14H,1-4H3,(H,25,26). The van der Waals surface area contributed by atoms with Crippen molar-refractivity contribution in [2.45, 2.75) is 27.7 Å². The number of rotatable bonds is 3. The Morgan fingerprint density at radius 3 is 2.50 bits per heavy atom. The molecule has 0 aliphatic heterocycles. The molecule has 0 unspecified atom stereocenters. The van der Waals surface area contributed by atoms with Crippen LogP contribution in [0.2, 0.25) is 0 Å². The first-order chi connectivity index (χ1) is 13.3. The summed E-state index contributed by atoms with van der Waals surface area (Å²) in [5.41, 5.74) is 6.66. The lowest BCUT2D eigenvalue weighted by Crippen LogP contribution is -2.20. The van der Waals surface area contributed by atoms with Gasteiger partial charge in [-0.25, -0.2) is 9.97 Å². The highest BCUT2D eigenvalue weighted by Crippen LogP contribution is 2.29. The quantitative estimate of drug-likeness (QED) is 0.462. The van der Waals surface area contributed by atoms with E-state index < -0.39 is 5.41 Å². The van der Waals surface area contributed by atoms with Crippen LogP contribution in [0.3, 0.4) is 0 Å². The first-order valence-corrected chi connectivity index (χ1v) is 9.40. The highest BCUT2D eigenvalue weighted by molar-refractivity contribution is 6.08. The minimum absolute atomic E-state index is 0.0545. The van der Waals surface area contributed by atoms with E-state index in [0.717, 1.165) is 16.8 Å². The molecule has 0 aliphatic rings. The van der Waals surface area contributed by atoms with Gasteiger partial charge in [-0.2, -0.15) is 0 Å². The van der Waals surface area contributed by atoms with Crippen LogP contribution in [0.1, 0.15) is 36.7 Å². The van der Waals surface area contributed by atoms with Crippen molar-refractivity contribution in [3.63, 3.8) is 0 Å². The van der Waals surface area contributed by atoms with Crippen LogP contribution in [0.25, 0.3) is 33.5 Å². The number of nitrogens with zero attached hydrogens (tertiary/aromatic N) is 2. The van der Waals surface area contributed by atoms with Crippen LogP contribution in [-0.2, 0) is 0 Å². The van der Waals surface area contributed by atoms with Crippen molar-refractivity contribution < 1.29 is 4.79 Å². The van der Waals surface area contributed by atoms with Crippen LogP contribution in [-0.4, -0.2) is 20.7 Å². The number of ketones is 1. The normalized spacial score (nSPS) is 11.7. The summed E-state index contributed by atoms with van der Waals surface area (Å²) in [5, 5.41) is 0. The Balaban J connectivity index is 1.81. The highest BCUT2D eigenvalue weighted by atomic mass is 16.1. The second-order valence-corrected chi connectivity index (χ2v) is 8.13. The molecule has 0 bridgehead atoms. The Morgan fingerprint density at radius 2 is 1.75 bits per heavy atom. The third-order valence-electron chi connectivity index (χ3n) is 4.92. The number of fused-ring (bicyclic) bond motifs is 1. The monoisotopic (exact) mass is 369 g/mol. The first-order valence-electron chi connectivity index (χ1n) is 9.40. The molecule has 0 saturated carbocycles. The fourth-order valence-electron chi connectivity index (χ4n) is 3.35. The van der Waals surface area contributed by atoms with E-state index in [1.54, 1.807) is 12.4 Å². The largest absolute Gasteiger partial charge is 0.344 e. The van der Waals surface area contributed by atoms with Crippen molar-refractivity contribution in [1.29, 1.82) is 0 Å². The summed E-state index contributed by atoms with van der Waals surface area (Å²) in [6, 6.07) is 16.6. The zero-order chi connectivity index (χ0) is 19.9. The summed E-state index contributed by atoms with van der Waals surface area (Å²) in [6.45, 7) is 7.85. The zero-order valence-corrected chi connectivity index (χ0v) is 16.6. The molecule has 1 N–H and O–H groups in total.